The maximum atomic E-state index is 10.8. The Morgan fingerprint density at radius 2 is 2.31 bits per heavy atom. The van der Waals surface area contributed by atoms with Gasteiger partial charge < -0.3 is 4.98 Å². The number of amides is 1. The Morgan fingerprint density at radius 3 is 2.85 bits per heavy atom. The lowest BCUT2D eigenvalue weighted by Gasteiger charge is -1.83. The van der Waals surface area contributed by atoms with E-state index in [0.717, 1.165) is 22.8 Å². The molecule has 1 aliphatic heterocycles. The number of aliphatic imine (C=N–C) groups is 1. The van der Waals surface area contributed by atoms with E-state index in [-0.39, 0.29) is 5.91 Å². The number of hydrogen-bond donors (Lipinski definition) is 1. The van der Waals surface area contributed by atoms with Gasteiger partial charge in [0, 0.05) is 22.8 Å². The molecule has 1 aliphatic rings. The molecule has 0 atom stereocenters. The first-order valence-corrected chi connectivity index (χ1v) is 4.20. The van der Waals surface area contributed by atoms with Crippen LogP contribution in [-0.2, 0) is 4.79 Å². The van der Waals surface area contributed by atoms with Crippen molar-refractivity contribution in [2.75, 3.05) is 0 Å². The highest BCUT2D eigenvalue weighted by Gasteiger charge is 2.10. The van der Waals surface area contributed by atoms with Crippen molar-refractivity contribution in [2.45, 2.75) is 12.8 Å². The van der Waals surface area contributed by atoms with Crippen molar-refractivity contribution in [1.29, 1.82) is 0 Å². The van der Waals surface area contributed by atoms with Gasteiger partial charge in [0.05, 0.1) is 0 Å². The van der Waals surface area contributed by atoms with Crippen molar-refractivity contribution in [1.82, 2.24) is 4.98 Å². The average Bonchev–Trinajstić information content (AvgIpc) is 2.62. The van der Waals surface area contributed by atoms with Crippen LogP contribution in [0.3, 0.4) is 0 Å². The summed E-state index contributed by atoms with van der Waals surface area (Å²) in [6.07, 6.45) is 3.19. The third-order valence-corrected chi connectivity index (χ3v) is 1.95. The molecule has 0 spiro atoms. The van der Waals surface area contributed by atoms with Crippen LogP contribution in [0.4, 0.5) is 0 Å². The first kappa shape index (κ1) is 7.98. The Hall–Kier alpha value is -1.64. The van der Waals surface area contributed by atoms with E-state index in [2.05, 4.69) is 16.6 Å². The number of hydrogen-bond acceptors (Lipinski definition) is 1. The zero-order chi connectivity index (χ0) is 9.26. The van der Waals surface area contributed by atoms with Crippen molar-refractivity contribution in [2.24, 2.45) is 4.99 Å². The SMILES string of the molecule is C=c1cc/c(=C/C2=NC(=O)CC2)[nH]1. The second-order valence-corrected chi connectivity index (χ2v) is 3.08. The van der Waals surface area contributed by atoms with Crippen molar-refractivity contribution < 1.29 is 4.79 Å². The monoisotopic (exact) mass is 174 g/mol. The Morgan fingerprint density at radius 1 is 1.46 bits per heavy atom. The summed E-state index contributed by atoms with van der Waals surface area (Å²) in [5, 5.41) is 1.83. The van der Waals surface area contributed by atoms with Crippen LogP contribution in [0.1, 0.15) is 12.8 Å². The number of aromatic nitrogens is 1. The molecule has 0 saturated carbocycles. The van der Waals surface area contributed by atoms with Gasteiger partial charge >= 0.3 is 0 Å². The van der Waals surface area contributed by atoms with Crippen molar-refractivity contribution in [3.8, 4) is 0 Å². The van der Waals surface area contributed by atoms with Crippen LogP contribution < -0.4 is 10.7 Å². The van der Waals surface area contributed by atoms with E-state index in [1.807, 2.05) is 18.2 Å². The quantitative estimate of drug-likeness (QED) is 0.638. The number of carbonyl (C=O) groups is 1. The third kappa shape index (κ3) is 1.75. The van der Waals surface area contributed by atoms with Crippen LogP contribution in [0.15, 0.2) is 17.1 Å². The highest BCUT2D eigenvalue weighted by molar-refractivity contribution is 6.17. The van der Waals surface area contributed by atoms with Gasteiger partial charge in [-0.25, -0.2) is 4.99 Å². The Balaban J connectivity index is 2.36. The minimum absolute atomic E-state index is 0.0207. The molecule has 2 rings (SSSR count). The number of nitrogens with zero attached hydrogens (tertiary/aromatic N) is 1. The van der Waals surface area contributed by atoms with Gasteiger partial charge in [0.15, 0.2) is 0 Å². The van der Waals surface area contributed by atoms with Crippen LogP contribution in [0, 0.1) is 0 Å². The Bertz CT molecular complexity index is 467. The number of H-pyrrole nitrogens is 1. The summed E-state index contributed by atoms with van der Waals surface area (Å²) in [5.74, 6) is -0.0207. The van der Waals surface area contributed by atoms with Crippen molar-refractivity contribution in [3.05, 3.63) is 22.8 Å². The summed E-state index contributed by atoms with van der Waals surface area (Å²) in [6, 6.07) is 3.82. The molecule has 1 N–H and O–H groups in total. The first-order valence-electron chi connectivity index (χ1n) is 4.20. The Kier molecular flexibility index (Phi) is 1.85. The van der Waals surface area contributed by atoms with Crippen LogP contribution >= 0.6 is 0 Å². The molecule has 2 heterocycles. The zero-order valence-electron chi connectivity index (χ0n) is 7.21. The molecule has 0 fully saturated rings. The van der Waals surface area contributed by atoms with Crippen molar-refractivity contribution >= 4 is 24.3 Å². The minimum Gasteiger partial charge on any atom is -0.356 e. The number of nitrogens with one attached hydrogen (secondary N) is 1. The summed E-state index contributed by atoms with van der Waals surface area (Å²) in [6.45, 7) is 3.75. The molecular weight excluding hydrogens is 164 g/mol. The molecular formula is C10H10N2O. The number of rotatable bonds is 1. The van der Waals surface area contributed by atoms with E-state index in [0.29, 0.717) is 6.42 Å². The van der Waals surface area contributed by atoms with Crippen LogP contribution in [0.25, 0.3) is 12.7 Å². The average molecular weight is 174 g/mol. The fraction of sp³-hybridized carbons (Fsp3) is 0.200. The predicted molar refractivity (Wildman–Crippen MR) is 51.7 cm³/mol. The van der Waals surface area contributed by atoms with Gasteiger partial charge in [0.1, 0.15) is 0 Å². The van der Waals surface area contributed by atoms with Crippen LogP contribution in [-0.4, -0.2) is 16.6 Å². The molecule has 3 nitrogen and oxygen atoms in total. The molecule has 1 aromatic rings. The van der Waals surface area contributed by atoms with Crippen LogP contribution in [0.5, 0.6) is 0 Å². The molecule has 66 valence electrons. The maximum Gasteiger partial charge on any atom is 0.246 e. The van der Waals surface area contributed by atoms with Crippen molar-refractivity contribution in [3.63, 3.8) is 0 Å². The largest absolute Gasteiger partial charge is 0.356 e. The normalized spacial score (nSPS) is 18.0. The summed E-state index contributed by atoms with van der Waals surface area (Å²) in [7, 11) is 0. The molecule has 1 amide bonds. The highest BCUT2D eigenvalue weighted by Crippen LogP contribution is 2.05. The van der Waals surface area contributed by atoms with E-state index in [4.69, 9.17) is 0 Å². The van der Waals surface area contributed by atoms with Gasteiger partial charge in [0.25, 0.3) is 0 Å². The van der Waals surface area contributed by atoms with Crippen LogP contribution in [0.2, 0.25) is 0 Å². The first-order chi connectivity index (χ1) is 6.24. The molecule has 3 heteroatoms. The van der Waals surface area contributed by atoms with Gasteiger partial charge in [-0.05, 0) is 24.6 Å². The van der Waals surface area contributed by atoms with E-state index in [1.165, 1.54) is 0 Å². The number of carbonyl (C=O) groups excluding carboxylic acids is 1. The fourth-order valence-electron chi connectivity index (χ4n) is 1.33. The fourth-order valence-corrected chi connectivity index (χ4v) is 1.33. The molecule has 0 aliphatic carbocycles. The van der Waals surface area contributed by atoms with Gasteiger partial charge in [-0.2, -0.15) is 0 Å². The molecule has 0 aromatic carbocycles. The molecule has 0 unspecified atom stereocenters. The second-order valence-electron chi connectivity index (χ2n) is 3.08. The number of aromatic amines is 1. The lowest BCUT2D eigenvalue weighted by molar-refractivity contribution is -0.117. The zero-order valence-corrected chi connectivity index (χ0v) is 7.21. The molecule has 13 heavy (non-hydrogen) atoms. The van der Waals surface area contributed by atoms with E-state index in [1.54, 1.807) is 0 Å². The van der Waals surface area contributed by atoms with Gasteiger partial charge in [-0.1, -0.05) is 6.58 Å². The molecule has 0 bridgehead atoms. The Labute approximate surface area is 75.5 Å². The third-order valence-electron chi connectivity index (χ3n) is 1.95. The molecule has 1 aromatic heterocycles. The van der Waals surface area contributed by atoms with E-state index in [9.17, 15) is 4.79 Å². The highest BCUT2D eigenvalue weighted by atomic mass is 16.1. The standard InChI is InChI=1S/C10H10N2O/c1-7-2-3-8(11-7)6-9-4-5-10(13)12-9/h2-3,6,11H,1,4-5H2/b8-6-. The van der Waals surface area contributed by atoms with E-state index >= 15 is 0 Å². The summed E-state index contributed by atoms with van der Waals surface area (Å²) < 4.78 is 0. The maximum absolute atomic E-state index is 10.8. The van der Waals surface area contributed by atoms with Gasteiger partial charge in [-0.15, -0.1) is 0 Å². The minimum atomic E-state index is -0.0207. The summed E-state index contributed by atoms with van der Waals surface area (Å²) >= 11 is 0. The molecule has 0 radical (unpaired) electrons. The topological polar surface area (TPSA) is 45.2 Å². The molecule has 0 saturated heterocycles. The lowest BCUT2D eigenvalue weighted by Crippen LogP contribution is -2.09. The predicted octanol–water partition coefficient (Wildman–Crippen LogP) is -0.0331. The summed E-state index contributed by atoms with van der Waals surface area (Å²) in [4.78, 5) is 17.8. The lowest BCUT2D eigenvalue weighted by atomic mass is 10.2. The second kappa shape index (κ2) is 3.01. The smallest absolute Gasteiger partial charge is 0.246 e. The summed E-state index contributed by atoms with van der Waals surface area (Å²) in [5.41, 5.74) is 0.854. The van der Waals surface area contributed by atoms with Gasteiger partial charge in [0.2, 0.25) is 5.91 Å². The van der Waals surface area contributed by atoms with Gasteiger partial charge in [-0.3, -0.25) is 4.79 Å². The van der Waals surface area contributed by atoms with E-state index < -0.39 is 0 Å².